The molecule has 0 radical (unpaired) electrons. The number of nitrogens with one attached hydrogen (secondary N) is 1. The molecule has 2 aliphatic rings. The number of aliphatic imine (C=N–C) groups is 1. The number of methoxy groups -OCH3 is 3. The number of nitrogens with zero attached hydrogens (tertiary/aromatic N) is 2. The molecule has 1 unspecified atom stereocenters. The van der Waals surface area contributed by atoms with Gasteiger partial charge >= 0.3 is 0 Å². The quantitative estimate of drug-likeness (QED) is 0.534. The van der Waals surface area contributed by atoms with Gasteiger partial charge in [-0.25, -0.2) is 10.0 Å². The summed E-state index contributed by atoms with van der Waals surface area (Å²) in [6.45, 7) is 0. The number of rotatable bonds is 5. The fraction of sp³-hybridized carbons (Fsp3) is 0.200. The van der Waals surface area contributed by atoms with Crippen LogP contribution >= 0.6 is 23.5 Å². The Labute approximate surface area is 206 Å². The van der Waals surface area contributed by atoms with Gasteiger partial charge in [0.1, 0.15) is 5.37 Å². The van der Waals surface area contributed by atoms with Gasteiger partial charge in [-0.2, -0.15) is 0 Å². The Hall–Kier alpha value is -3.30. The molecule has 2 heterocycles. The van der Waals surface area contributed by atoms with Crippen LogP contribution < -0.4 is 19.6 Å². The van der Waals surface area contributed by atoms with E-state index in [0.29, 0.717) is 28.8 Å². The first-order valence-corrected chi connectivity index (χ1v) is 12.4. The molecule has 1 amide bonds. The predicted molar refractivity (Wildman–Crippen MR) is 134 cm³/mol. The average Bonchev–Trinajstić information content (AvgIpc) is 3.14. The van der Waals surface area contributed by atoms with Crippen LogP contribution in [0.25, 0.3) is 0 Å². The van der Waals surface area contributed by atoms with E-state index in [1.54, 1.807) is 38.1 Å². The van der Waals surface area contributed by atoms with E-state index in [2.05, 4.69) is 17.6 Å². The first-order chi connectivity index (χ1) is 16.6. The second-order valence-electron chi connectivity index (χ2n) is 7.52. The van der Waals surface area contributed by atoms with Crippen molar-refractivity contribution in [2.75, 3.05) is 27.1 Å². The highest BCUT2D eigenvalue weighted by Crippen LogP contribution is 2.45. The number of amidine groups is 1. The normalized spacial score (nSPS) is 16.8. The summed E-state index contributed by atoms with van der Waals surface area (Å²) in [7, 11) is 4.73. The van der Waals surface area contributed by atoms with Crippen LogP contribution in [-0.2, 0) is 4.79 Å². The summed E-state index contributed by atoms with van der Waals surface area (Å²) < 4.78 is 16.5. The largest absolute Gasteiger partial charge is 0.493 e. The highest BCUT2D eigenvalue weighted by molar-refractivity contribution is 8.00. The van der Waals surface area contributed by atoms with Gasteiger partial charge in [-0.3, -0.25) is 10.2 Å². The fourth-order valence-corrected chi connectivity index (χ4v) is 6.03. The van der Waals surface area contributed by atoms with E-state index in [0.717, 1.165) is 26.6 Å². The maximum absolute atomic E-state index is 13.0. The van der Waals surface area contributed by atoms with Crippen LogP contribution in [0.2, 0.25) is 0 Å². The van der Waals surface area contributed by atoms with Crippen LogP contribution in [-0.4, -0.2) is 43.8 Å². The van der Waals surface area contributed by atoms with Crippen LogP contribution in [0.15, 0.2) is 75.4 Å². The van der Waals surface area contributed by atoms with Crippen molar-refractivity contribution in [3.8, 4) is 17.2 Å². The molecule has 7 nitrogen and oxygen atoms in total. The van der Waals surface area contributed by atoms with Gasteiger partial charge in [0.05, 0.1) is 32.8 Å². The zero-order valence-corrected chi connectivity index (χ0v) is 20.5. The van der Waals surface area contributed by atoms with Gasteiger partial charge in [0.15, 0.2) is 17.3 Å². The first-order valence-electron chi connectivity index (χ1n) is 10.6. The number of ether oxygens (including phenoxy) is 3. The number of thioether (sulfide) groups is 1. The molecule has 1 atom stereocenters. The SMILES string of the molecule is COc1cc(C2SCC(=O)N2NC2=Nc3ccccc3Sc3ccccc32)cc(OC)c1OC. The number of para-hydroxylation sites is 1. The zero-order chi connectivity index (χ0) is 23.7. The van der Waals surface area contributed by atoms with Crippen LogP contribution in [0.5, 0.6) is 17.2 Å². The maximum Gasteiger partial charge on any atom is 0.252 e. The Bertz CT molecular complexity index is 1260. The molecule has 0 bridgehead atoms. The van der Waals surface area contributed by atoms with Crippen molar-refractivity contribution in [2.45, 2.75) is 15.2 Å². The smallest absolute Gasteiger partial charge is 0.252 e. The Balaban J connectivity index is 1.55. The Morgan fingerprint density at radius 2 is 1.62 bits per heavy atom. The van der Waals surface area contributed by atoms with Gasteiger partial charge in [0.2, 0.25) is 5.75 Å². The van der Waals surface area contributed by atoms with Gasteiger partial charge in [0, 0.05) is 15.4 Å². The highest BCUT2D eigenvalue weighted by Gasteiger charge is 2.36. The topological polar surface area (TPSA) is 72.4 Å². The van der Waals surface area contributed by atoms with E-state index < -0.39 is 0 Å². The van der Waals surface area contributed by atoms with Gasteiger partial charge in [-0.1, -0.05) is 42.1 Å². The van der Waals surface area contributed by atoms with E-state index in [1.165, 1.54) is 11.8 Å². The first kappa shape index (κ1) is 22.5. The summed E-state index contributed by atoms with van der Waals surface area (Å²) in [5, 5.41) is 1.33. The van der Waals surface area contributed by atoms with Gasteiger partial charge in [-0.05, 0) is 35.9 Å². The number of hydrazine groups is 1. The molecule has 0 spiro atoms. The van der Waals surface area contributed by atoms with Crippen LogP contribution in [0, 0.1) is 0 Å². The second-order valence-corrected chi connectivity index (χ2v) is 9.68. The zero-order valence-electron chi connectivity index (χ0n) is 18.9. The van der Waals surface area contributed by atoms with Crippen LogP contribution in [0.4, 0.5) is 5.69 Å². The Morgan fingerprint density at radius 3 is 2.32 bits per heavy atom. The summed E-state index contributed by atoms with van der Waals surface area (Å²) in [5.41, 5.74) is 6.00. The van der Waals surface area contributed by atoms with E-state index in [9.17, 15) is 4.79 Å². The molecule has 1 saturated heterocycles. The summed E-state index contributed by atoms with van der Waals surface area (Å²) in [6, 6.07) is 19.8. The summed E-state index contributed by atoms with van der Waals surface area (Å²) in [6.07, 6.45) is 0. The molecule has 0 aliphatic carbocycles. The van der Waals surface area contributed by atoms with Crippen molar-refractivity contribution in [2.24, 2.45) is 4.99 Å². The minimum Gasteiger partial charge on any atom is -0.493 e. The fourth-order valence-electron chi connectivity index (χ4n) is 3.92. The molecule has 9 heteroatoms. The third-order valence-corrected chi connectivity index (χ3v) is 7.88. The number of hydrogen-bond acceptors (Lipinski definition) is 8. The molecule has 5 rings (SSSR count). The van der Waals surface area contributed by atoms with Crippen molar-refractivity contribution in [3.05, 3.63) is 71.8 Å². The minimum atomic E-state index is -0.304. The number of hydrogen-bond donors (Lipinski definition) is 1. The Kier molecular flexibility index (Phi) is 6.30. The summed E-state index contributed by atoms with van der Waals surface area (Å²) >= 11 is 3.19. The van der Waals surface area contributed by atoms with Gasteiger partial charge < -0.3 is 14.2 Å². The van der Waals surface area contributed by atoms with E-state index in [4.69, 9.17) is 19.2 Å². The molecule has 34 heavy (non-hydrogen) atoms. The highest BCUT2D eigenvalue weighted by atomic mass is 32.2. The number of carbonyl (C=O) groups is 1. The number of benzene rings is 3. The lowest BCUT2D eigenvalue weighted by molar-refractivity contribution is -0.129. The lowest BCUT2D eigenvalue weighted by Gasteiger charge is -2.27. The molecular formula is C25H23N3O4S2. The minimum absolute atomic E-state index is 0.0332. The Morgan fingerprint density at radius 1 is 0.941 bits per heavy atom. The van der Waals surface area contributed by atoms with Crippen molar-refractivity contribution >= 4 is 41.0 Å². The second kappa shape index (κ2) is 9.52. The molecule has 3 aromatic rings. The predicted octanol–water partition coefficient (Wildman–Crippen LogP) is 5.03. The molecule has 174 valence electrons. The molecule has 2 aliphatic heterocycles. The van der Waals surface area contributed by atoms with Crippen LogP contribution in [0.1, 0.15) is 16.5 Å². The molecule has 0 saturated carbocycles. The number of carbonyl (C=O) groups excluding carboxylic acids is 1. The van der Waals surface area contributed by atoms with Crippen molar-refractivity contribution < 1.29 is 19.0 Å². The summed E-state index contributed by atoms with van der Waals surface area (Å²) in [5.74, 6) is 2.53. The lowest BCUT2D eigenvalue weighted by Crippen LogP contribution is -2.45. The number of fused-ring (bicyclic) bond motifs is 2. The molecule has 3 aromatic carbocycles. The molecule has 0 aromatic heterocycles. The number of amides is 1. The van der Waals surface area contributed by atoms with Crippen molar-refractivity contribution in [1.29, 1.82) is 0 Å². The van der Waals surface area contributed by atoms with E-state index >= 15 is 0 Å². The third-order valence-electron chi connectivity index (χ3n) is 5.53. The molecular weight excluding hydrogens is 470 g/mol. The van der Waals surface area contributed by atoms with Crippen molar-refractivity contribution in [3.63, 3.8) is 0 Å². The standard InChI is InChI=1S/C25H23N3O4S2/c1-30-18-12-15(13-19(31-2)23(18)32-3)25-28(22(29)14-33-25)27-24-16-8-4-6-10-20(16)34-21-11-7-5-9-17(21)26-24/h4-13,25H,14H2,1-3H3,(H,26,27). The van der Waals surface area contributed by atoms with Gasteiger partial charge in [-0.15, -0.1) is 11.8 Å². The van der Waals surface area contributed by atoms with E-state index in [1.807, 2.05) is 48.5 Å². The third kappa shape index (κ3) is 4.05. The van der Waals surface area contributed by atoms with Gasteiger partial charge in [0.25, 0.3) is 5.91 Å². The monoisotopic (exact) mass is 493 g/mol. The van der Waals surface area contributed by atoms with Crippen molar-refractivity contribution in [1.82, 2.24) is 10.4 Å². The maximum atomic E-state index is 13.0. The van der Waals surface area contributed by atoms with Crippen LogP contribution in [0.3, 0.4) is 0 Å². The summed E-state index contributed by atoms with van der Waals surface area (Å²) in [4.78, 5) is 20.1. The van der Waals surface area contributed by atoms with E-state index in [-0.39, 0.29) is 11.3 Å². The lowest BCUT2D eigenvalue weighted by atomic mass is 10.1. The average molecular weight is 494 g/mol. The molecule has 1 fully saturated rings. The molecule has 1 N–H and O–H groups in total.